The summed E-state index contributed by atoms with van der Waals surface area (Å²) in [6.45, 7) is 1.65. The Balaban J connectivity index is 2.16. The Morgan fingerprint density at radius 2 is 2.31 bits per heavy atom. The van der Waals surface area contributed by atoms with Crippen molar-refractivity contribution in [2.24, 2.45) is 0 Å². The standard InChI is InChI=1S/C10H14N2O/c11-8-2-1-3-9(6-8)12-5-4-10(13)7-12/h1-3,6,10,13H,4-5,7,11H2/t10-/m1/s1. The number of benzene rings is 1. The molecule has 1 aromatic carbocycles. The largest absolute Gasteiger partial charge is 0.399 e. The minimum Gasteiger partial charge on any atom is -0.399 e. The quantitative estimate of drug-likeness (QED) is 0.626. The molecule has 1 aliphatic rings. The Morgan fingerprint density at radius 1 is 1.46 bits per heavy atom. The lowest BCUT2D eigenvalue weighted by molar-refractivity contribution is 0.198. The lowest BCUT2D eigenvalue weighted by atomic mass is 10.2. The van der Waals surface area contributed by atoms with Gasteiger partial charge in [0.25, 0.3) is 0 Å². The molecule has 0 bridgehead atoms. The van der Waals surface area contributed by atoms with Crippen LogP contribution in [-0.4, -0.2) is 24.3 Å². The van der Waals surface area contributed by atoms with E-state index in [4.69, 9.17) is 5.73 Å². The molecular formula is C10H14N2O. The van der Waals surface area contributed by atoms with Crippen LogP contribution in [0.5, 0.6) is 0 Å². The highest BCUT2D eigenvalue weighted by molar-refractivity contribution is 5.56. The molecule has 70 valence electrons. The Hall–Kier alpha value is -1.22. The maximum Gasteiger partial charge on any atom is 0.0731 e. The summed E-state index contributed by atoms with van der Waals surface area (Å²) in [6.07, 6.45) is 0.677. The highest BCUT2D eigenvalue weighted by Gasteiger charge is 2.19. The average Bonchev–Trinajstić information content (AvgIpc) is 2.52. The summed E-state index contributed by atoms with van der Waals surface area (Å²) in [4.78, 5) is 2.15. The molecule has 2 rings (SSSR count). The van der Waals surface area contributed by atoms with Gasteiger partial charge in [0.05, 0.1) is 6.10 Å². The van der Waals surface area contributed by atoms with Crippen molar-refractivity contribution in [1.29, 1.82) is 0 Å². The van der Waals surface area contributed by atoms with Crippen molar-refractivity contribution in [2.45, 2.75) is 12.5 Å². The van der Waals surface area contributed by atoms with E-state index in [1.807, 2.05) is 24.3 Å². The Labute approximate surface area is 77.8 Å². The highest BCUT2D eigenvalue weighted by Crippen LogP contribution is 2.21. The fourth-order valence-electron chi connectivity index (χ4n) is 1.70. The first-order chi connectivity index (χ1) is 6.25. The fraction of sp³-hybridized carbons (Fsp3) is 0.400. The molecule has 0 radical (unpaired) electrons. The van der Waals surface area contributed by atoms with Gasteiger partial charge in [0.15, 0.2) is 0 Å². The van der Waals surface area contributed by atoms with Gasteiger partial charge in [-0.05, 0) is 24.6 Å². The molecule has 13 heavy (non-hydrogen) atoms. The lowest BCUT2D eigenvalue weighted by Crippen LogP contribution is -2.21. The molecule has 0 aromatic heterocycles. The second-order valence-electron chi connectivity index (χ2n) is 3.48. The molecule has 0 spiro atoms. The van der Waals surface area contributed by atoms with E-state index in [1.54, 1.807) is 0 Å². The Kier molecular flexibility index (Phi) is 2.10. The third-order valence-electron chi connectivity index (χ3n) is 2.40. The lowest BCUT2D eigenvalue weighted by Gasteiger charge is -2.17. The van der Waals surface area contributed by atoms with Crippen LogP contribution in [0, 0.1) is 0 Å². The van der Waals surface area contributed by atoms with Gasteiger partial charge in [0.2, 0.25) is 0 Å². The second kappa shape index (κ2) is 3.26. The minimum absolute atomic E-state index is 0.179. The van der Waals surface area contributed by atoms with Gasteiger partial charge in [-0.25, -0.2) is 0 Å². The van der Waals surface area contributed by atoms with Crippen molar-refractivity contribution >= 4 is 11.4 Å². The van der Waals surface area contributed by atoms with E-state index in [0.29, 0.717) is 0 Å². The van der Waals surface area contributed by atoms with Crippen LogP contribution in [0.1, 0.15) is 6.42 Å². The van der Waals surface area contributed by atoms with Crippen molar-refractivity contribution in [3.05, 3.63) is 24.3 Å². The number of hydrogen-bond donors (Lipinski definition) is 2. The summed E-state index contributed by atoms with van der Waals surface area (Å²) >= 11 is 0. The van der Waals surface area contributed by atoms with E-state index in [0.717, 1.165) is 30.9 Å². The van der Waals surface area contributed by atoms with Crippen LogP contribution >= 0.6 is 0 Å². The van der Waals surface area contributed by atoms with Crippen molar-refractivity contribution in [1.82, 2.24) is 0 Å². The number of nitrogens with zero attached hydrogens (tertiary/aromatic N) is 1. The summed E-state index contributed by atoms with van der Waals surface area (Å²) in [5.74, 6) is 0. The molecular weight excluding hydrogens is 164 g/mol. The van der Waals surface area contributed by atoms with Crippen LogP contribution in [0.15, 0.2) is 24.3 Å². The van der Waals surface area contributed by atoms with E-state index in [9.17, 15) is 5.11 Å². The number of aliphatic hydroxyl groups is 1. The number of hydrogen-bond acceptors (Lipinski definition) is 3. The zero-order chi connectivity index (χ0) is 9.26. The topological polar surface area (TPSA) is 49.5 Å². The second-order valence-corrected chi connectivity index (χ2v) is 3.48. The fourth-order valence-corrected chi connectivity index (χ4v) is 1.70. The van der Waals surface area contributed by atoms with Crippen LogP contribution in [0.2, 0.25) is 0 Å². The Morgan fingerprint density at radius 3 is 2.92 bits per heavy atom. The first-order valence-electron chi connectivity index (χ1n) is 4.54. The molecule has 1 aliphatic heterocycles. The van der Waals surface area contributed by atoms with Crippen LogP contribution in [0.4, 0.5) is 11.4 Å². The molecule has 3 heteroatoms. The highest BCUT2D eigenvalue weighted by atomic mass is 16.3. The summed E-state index contributed by atoms with van der Waals surface area (Å²) in [7, 11) is 0. The van der Waals surface area contributed by atoms with Crippen LogP contribution in [0.3, 0.4) is 0 Å². The smallest absolute Gasteiger partial charge is 0.0731 e. The predicted octanol–water partition coefficient (Wildman–Crippen LogP) is 0.840. The number of β-amino-alcohol motifs (C(OH)–C–C–N with tert-alkyl or cyclic N) is 1. The Bertz CT molecular complexity index is 301. The summed E-state index contributed by atoms with van der Waals surface area (Å²) in [5.41, 5.74) is 7.56. The number of rotatable bonds is 1. The predicted molar refractivity (Wildman–Crippen MR) is 53.7 cm³/mol. The van der Waals surface area contributed by atoms with Gasteiger partial charge < -0.3 is 15.7 Å². The molecule has 3 N–H and O–H groups in total. The average molecular weight is 178 g/mol. The van der Waals surface area contributed by atoms with Crippen molar-refractivity contribution in [3.8, 4) is 0 Å². The zero-order valence-corrected chi connectivity index (χ0v) is 7.48. The maximum atomic E-state index is 9.36. The van der Waals surface area contributed by atoms with E-state index in [-0.39, 0.29) is 6.10 Å². The molecule has 1 atom stereocenters. The van der Waals surface area contributed by atoms with Gasteiger partial charge in [0, 0.05) is 24.5 Å². The molecule has 1 saturated heterocycles. The molecule has 1 heterocycles. The molecule has 1 aromatic rings. The number of nitrogens with two attached hydrogens (primary N) is 1. The van der Waals surface area contributed by atoms with Gasteiger partial charge in [-0.15, -0.1) is 0 Å². The van der Waals surface area contributed by atoms with E-state index < -0.39 is 0 Å². The minimum atomic E-state index is -0.179. The summed E-state index contributed by atoms with van der Waals surface area (Å²) < 4.78 is 0. The van der Waals surface area contributed by atoms with Crippen LogP contribution in [-0.2, 0) is 0 Å². The van der Waals surface area contributed by atoms with Crippen molar-refractivity contribution in [2.75, 3.05) is 23.7 Å². The van der Waals surface area contributed by atoms with E-state index in [1.165, 1.54) is 0 Å². The third-order valence-corrected chi connectivity index (χ3v) is 2.40. The summed E-state index contributed by atoms with van der Waals surface area (Å²) in [6, 6.07) is 7.78. The molecule has 0 aliphatic carbocycles. The normalized spacial score (nSPS) is 22.2. The van der Waals surface area contributed by atoms with Gasteiger partial charge in [-0.3, -0.25) is 0 Å². The zero-order valence-electron chi connectivity index (χ0n) is 7.48. The van der Waals surface area contributed by atoms with E-state index in [2.05, 4.69) is 4.90 Å². The van der Waals surface area contributed by atoms with Crippen LogP contribution in [0.25, 0.3) is 0 Å². The first-order valence-corrected chi connectivity index (χ1v) is 4.54. The van der Waals surface area contributed by atoms with Gasteiger partial charge in [0.1, 0.15) is 0 Å². The molecule has 3 nitrogen and oxygen atoms in total. The first kappa shape index (κ1) is 8.38. The maximum absolute atomic E-state index is 9.36. The third kappa shape index (κ3) is 1.75. The SMILES string of the molecule is Nc1cccc(N2CC[C@@H](O)C2)c1. The van der Waals surface area contributed by atoms with Gasteiger partial charge >= 0.3 is 0 Å². The van der Waals surface area contributed by atoms with Gasteiger partial charge in [-0.2, -0.15) is 0 Å². The molecule has 1 fully saturated rings. The molecule has 0 unspecified atom stereocenters. The molecule has 0 amide bonds. The summed E-state index contributed by atoms with van der Waals surface area (Å²) in [5, 5.41) is 9.36. The van der Waals surface area contributed by atoms with E-state index >= 15 is 0 Å². The van der Waals surface area contributed by atoms with Crippen molar-refractivity contribution in [3.63, 3.8) is 0 Å². The van der Waals surface area contributed by atoms with Gasteiger partial charge in [-0.1, -0.05) is 6.07 Å². The number of nitrogen functional groups attached to an aromatic ring is 1. The number of aliphatic hydroxyl groups excluding tert-OH is 1. The van der Waals surface area contributed by atoms with Crippen LogP contribution < -0.4 is 10.6 Å². The molecule has 0 saturated carbocycles. The monoisotopic (exact) mass is 178 g/mol. The number of anilines is 2. The van der Waals surface area contributed by atoms with Crippen molar-refractivity contribution < 1.29 is 5.11 Å².